The van der Waals surface area contributed by atoms with Gasteiger partial charge in [0.2, 0.25) is 11.8 Å². The first-order chi connectivity index (χ1) is 38.0. The second-order valence-electron chi connectivity index (χ2n) is 19.8. The van der Waals surface area contributed by atoms with Crippen molar-refractivity contribution in [3.63, 3.8) is 0 Å². The number of hydrogen-bond donors (Lipinski definition) is 7. The molecular formula is C60H79FN8O7S2. The average Bonchev–Trinajstić information content (AvgIpc) is 4.11. The molecule has 2 aromatic heterocycles. The van der Waals surface area contributed by atoms with Gasteiger partial charge in [0.1, 0.15) is 28.3 Å². The molecule has 0 bridgehead atoms. The average molecular weight is 1110 g/mol. The molecule has 0 spiro atoms. The first-order valence-corrected chi connectivity index (χ1v) is 29.5. The molecule has 0 radical (unpaired) electrons. The maximum atomic E-state index is 13.3. The van der Waals surface area contributed by atoms with Crippen molar-refractivity contribution in [2.24, 2.45) is 0 Å². The number of aromatic amines is 2. The van der Waals surface area contributed by atoms with Gasteiger partial charge >= 0.3 is 9.75 Å². The van der Waals surface area contributed by atoms with Crippen LogP contribution in [0.15, 0.2) is 101 Å². The van der Waals surface area contributed by atoms with E-state index in [1.165, 1.54) is 41.7 Å². The number of likely N-dealkylation sites (N-methyl/N-ethyl adjacent to an activating group) is 1. The van der Waals surface area contributed by atoms with Crippen LogP contribution in [0.1, 0.15) is 81.0 Å². The van der Waals surface area contributed by atoms with Gasteiger partial charge in [-0.05, 0) is 129 Å². The van der Waals surface area contributed by atoms with Crippen LogP contribution in [0.5, 0.6) is 11.5 Å². The van der Waals surface area contributed by atoms with Crippen LogP contribution in [-0.2, 0) is 40.0 Å². The van der Waals surface area contributed by atoms with Gasteiger partial charge in [0.25, 0.3) is 0 Å². The highest BCUT2D eigenvalue weighted by atomic mass is 32.1. The minimum absolute atomic E-state index is 0.0926. The number of thiazole rings is 2. The fourth-order valence-electron chi connectivity index (χ4n) is 10.2. The summed E-state index contributed by atoms with van der Waals surface area (Å²) in [7, 11) is 0. The van der Waals surface area contributed by atoms with Crippen LogP contribution in [0.4, 0.5) is 4.39 Å². The molecule has 2 amide bonds. The van der Waals surface area contributed by atoms with E-state index in [0.29, 0.717) is 95.5 Å². The fraction of sp³-hybridized carbons (Fsp3) is 0.467. The van der Waals surface area contributed by atoms with E-state index in [-0.39, 0.29) is 38.9 Å². The molecule has 1 saturated carbocycles. The lowest BCUT2D eigenvalue weighted by atomic mass is 9.94. The molecule has 7 N–H and O–H groups in total. The monoisotopic (exact) mass is 1110 g/mol. The van der Waals surface area contributed by atoms with Gasteiger partial charge in [-0.1, -0.05) is 123 Å². The van der Waals surface area contributed by atoms with Gasteiger partial charge in [0.05, 0.1) is 29.0 Å². The third-order valence-corrected chi connectivity index (χ3v) is 16.5. The Morgan fingerprint density at radius 1 is 0.628 bits per heavy atom. The molecule has 0 atom stereocenters. The van der Waals surface area contributed by atoms with Crippen molar-refractivity contribution < 1.29 is 28.9 Å². The Labute approximate surface area is 465 Å². The highest BCUT2D eigenvalue weighted by Gasteiger charge is 2.25. The molecule has 1 aliphatic carbocycles. The Morgan fingerprint density at radius 3 is 1.91 bits per heavy atom. The van der Waals surface area contributed by atoms with E-state index in [1.807, 2.05) is 23.1 Å². The second kappa shape index (κ2) is 31.6. The van der Waals surface area contributed by atoms with Crippen LogP contribution in [0.3, 0.4) is 0 Å². The minimum Gasteiger partial charge on any atom is -0.506 e. The number of amides is 2. The van der Waals surface area contributed by atoms with E-state index in [2.05, 4.69) is 92.0 Å². The summed E-state index contributed by atoms with van der Waals surface area (Å²) in [6, 6.07) is 28.6. The molecule has 0 saturated heterocycles. The standard InChI is InChI=1S/C32H42N4O4S.C28H37FN4O3S/c1-3-35(4-2)20-21-36(19-18-33-17-14-26-12-13-28(37)30-31(26)41-32(39)34-30)29(38)16-23-40-22-15-25-10-7-9-24-8-5-6-11-27(24)25;29-22-6-4-5-20(19-22)11-14-30-16-13-25(35)33(23-7-2-1-3-8-23)18-17-31-15-12-21-9-10-24(34)26-27(21)37-28(36)32-26/h5-13,33,37H,3-4,14-23H2,1-2H3,(H,34,39);4-6,9-10,19,23,30-31,34H,1-3,7-8,11-18H2,(H,32,36). The number of phenolic OH excluding ortho intramolecular Hbond substituents is 2. The van der Waals surface area contributed by atoms with Gasteiger partial charge in [-0.15, -0.1) is 0 Å². The molecule has 18 heteroatoms. The molecule has 0 aliphatic heterocycles. The summed E-state index contributed by atoms with van der Waals surface area (Å²) in [4.78, 5) is 61.2. The SMILES string of the molecule is CCN(CC)CCN(CCNCCc1ccc(O)c2[nH]c(=O)sc12)C(=O)CCOCCc1cccc2ccccc12.O=C(CCNCCc1cccc(F)c1)N(CCNCCc1ccc(O)c2[nH]c(=O)sc12)C1CCCCC1. The molecule has 8 rings (SSSR count). The minimum atomic E-state index is -0.220. The summed E-state index contributed by atoms with van der Waals surface area (Å²) in [5, 5.41) is 32.7. The van der Waals surface area contributed by atoms with E-state index in [4.69, 9.17) is 4.74 Å². The number of rotatable bonds is 30. The summed E-state index contributed by atoms with van der Waals surface area (Å²) in [5.74, 6) is 0.262. The van der Waals surface area contributed by atoms with Crippen LogP contribution in [0.2, 0.25) is 0 Å². The number of hydrogen-bond acceptors (Lipinski definition) is 13. The van der Waals surface area contributed by atoms with E-state index >= 15 is 0 Å². The summed E-state index contributed by atoms with van der Waals surface area (Å²) < 4.78 is 20.8. The number of halogens is 1. The zero-order chi connectivity index (χ0) is 55.1. The number of phenols is 2. The third-order valence-electron chi connectivity index (χ3n) is 14.6. The third kappa shape index (κ3) is 18.0. The highest BCUT2D eigenvalue weighted by Crippen LogP contribution is 2.29. The Bertz CT molecular complexity index is 3090. The number of aromatic nitrogens is 2. The smallest absolute Gasteiger partial charge is 0.305 e. The van der Waals surface area contributed by atoms with Gasteiger partial charge in [0, 0.05) is 58.3 Å². The lowest BCUT2D eigenvalue weighted by Crippen LogP contribution is -2.45. The van der Waals surface area contributed by atoms with Crippen LogP contribution >= 0.6 is 22.7 Å². The van der Waals surface area contributed by atoms with Crippen molar-refractivity contribution >= 4 is 65.7 Å². The molecule has 15 nitrogen and oxygen atoms in total. The van der Waals surface area contributed by atoms with Crippen LogP contribution in [0, 0.1) is 5.82 Å². The molecular weight excluding hydrogens is 1030 g/mol. The number of benzene rings is 5. The topological polar surface area (TPSA) is 195 Å². The predicted molar refractivity (Wildman–Crippen MR) is 315 cm³/mol. The van der Waals surface area contributed by atoms with Gasteiger partial charge in [-0.2, -0.15) is 0 Å². The number of nitrogens with one attached hydrogen (secondary N) is 5. The van der Waals surface area contributed by atoms with Crippen molar-refractivity contribution in [3.05, 3.63) is 138 Å². The Hall–Kier alpha value is -5.99. The molecule has 1 fully saturated rings. The van der Waals surface area contributed by atoms with Gasteiger partial charge in [-0.3, -0.25) is 19.2 Å². The zero-order valence-corrected chi connectivity index (χ0v) is 47.0. The molecule has 420 valence electrons. The number of H-pyrrole nitrogens is 2. The summed E-state index contributed by atoms with van der Waals surface area (Å²) in [6.07, 6.45) is 9.54. The Balaban J connectivity index is 0.000000227. The number of nitrogens with zero attached hydrogens (tertiary/aromatic N) is 3. The van der Waals surface area contributed by atoms with E-state index < -0.39 is 0 Å². The van der Waals surface area contributed by atoms with Crippen LogP contribution in [-0.4, -0.2) is 144 Å². The lowest BCUT2D eigenvalue weighted by molar-refractivity contribution is -0.134. The van der Waals surface area contributed by atoms with Crippen molar-refractivity contribution in [3.8, 4) is 11.5 Å². The quantitative estimate of drug-likeness (QED) is 0.0214. The van der Waals surface area contributed by atoms with Gasteiger partial charge < -0.3 is 55.6 Å². The molecule has 78 heavy (non-hydrogen) atoms. The van der Waals surface area contributed by atoms with E-state index in [9.17, 15) is 33.8 Å². The van der Waals surface area contributed by atoms with Crippen molar-refractivity contribution in [1.82, 2.24) is 40.6 Å². The second-order valence-corrected chi connectivity index (χ2v) is 21.8. The molecule has 5 aromatic carbocycles. The number of carbonyl (C=O) groups is 2. The molecule has 7 aromatic rings. The van der Waals surface area contributed by atoms with Crippen LogP contribution < -0.4 is 25.7 Å². The van der Waals surface area contributed by atoms with E-state index in [0.717, 1.165) is 113 Å². The van der Waals surface area contributed by atoms with Gasteiger partial charge in [-0.25, -0.2) is 4.39 Å². The first-order valence-electron chi connectivity index (χ1n) is 27.9. The van der Waals surface area contributed by atoms with E-state index in [1.54, 1.807) is 24.3 Å². The van der Waals surface area contributed by atoms with Gasteiger partial charge in [0.15, 0.2) is 0 Å². The fourth-order valence-corrected chi connectivity index (χ4v) is 12.0. The Kier molecular flexibility index (Phi) is 24.1. The first kappa shape index (κ1) is 59.7. The summed E-state index contributed by atoms with van der Waals surface area (Å²) >= 11 is 2.24. The number of aromatic hydroxyl groups is 2. The summed E-state index contributed by atoms with van der Waals surface area (Å²) in [6.45, 7) is 14.2. The predicted octanol–water partition coefficient (Wildman–Crippen LogP) is 8.35. The number of carbonyl (C=O) groups excluding carboxylic acids is 2. The highest BCUT2D eigenvalue weighted by molar-refractivity contribution is 7.17. The number of fused-ring (bicyclic) bond motifs is 3. The van der Waals surface area contributed by atoms with Crippen LogP contribution in [0.25, 0.3) is 31.2 Å². The molecule has 1 aliphatic rings. The van der Waals surface area contributed by atoms with Crippen molar-refractivity contribution in [2.45, 2.75) is 90.5 Å². The summed E-state index contributed by atoms with van der Waals surface area (Å²) in [5.41, 5.74) is 5.26. The van der Waals surface area contributed by atoms with Crippen molar-refractivity contribution in [1.29, 1.82) is 0 Å². The molecule has 0 unspecified atom stereocenters. The van der Waals surface area contributed by atoms with Crippen molar-refractivity contribution in [2.75, 3.05) is 91.8 Å². The maximum absolute atomic E-state index is 13.3. The number of ether oxygens (including phenoxy) is 1. The Morgan fingerprint density at radius 2 is 1.24 bits per heavy atom. The largest absolute Gasteiger partial charge is 0.506 e. The zero-order valence-electron chi connectivity index (χ0n) is 45.4. The normalized spacial score (nSPS) is 12.9. The lowest BCUT2D eigenvalue weighted by Gasteiger charge is -2.34. The molecule has 2 heterocycles. The maximum Gasteiger partial charge on any atom is 0.305 e.